The van der Waals surface area contributed by atoms with Gasteiger partial charge in [-0.15, -0.1) is 0 Å². The maximum atomic E-state index is 14.2. The zero-order valence-corrected chi connectivity index (χ0v) is 24.5. The number of hydrogen-bond donors (Lipinski definition) is 2. The second-order valence-electron chi connectivity index (χ2n) is 11.1. The fourth-order valence-electron chi connectivity index (χ4n) is 6.34. The molecule has 8 nitrogen and oxygen atoms in total. The molecule has 0 unspecified atom stereocenters. The Balaban J connectivity index is 1.24. The SMILES string of the molecule is O=C([C@H]1CN([C@@H]2c3ccc(Cl)cc3CCc3cccnc32)CCN1)N(CCCn1ccnc1CO)Cc1ccccc1. The zero-order chi connectivity index (χ0) is 28.9. The third kappa shape index (κ3) is 6.27. The fourth-order valence-corrected chi connectivity index (χ4v) is 6.54. The van der Waals surface area contributed by atoms with Crippen LogP contribution in [-0.2, 0) is 37.3 Å². The number of amides is 1. The second-order valence-corrected chi connectivity index (χ2v) is 11.5. The summed E-state index contributed by atoms with van der Waals surface area (Å²) in [7, 11) is 0. The van der Waals surface area contributed by atoms with Crippen LogP contribution in [0.15, 0.2) is 79.3 Å². The number of fused-ring (bicyclic) bond motifs is 2. The number of carbonyl (C=O) groups is 1. The molecule has 2 aliphatic rings. The third-order valence-electron chi connectivity index (χ3n) is 8.42. The summed E-state index contributed by atoms with van der Waals surface area (Å²) in [5, 5.41) is 13.9. The molecule has 4 aromatic rings. The molecule has 9 heteroatoms. The predicted molar refractivity (Wildman–Crippen MR) is 163 cm³/mol. The number of hydrogen-bond acceptors (Lipinski definition) is 6. The highest BCUT2D eigenvalue weighted by atomic mass is 35.5. The average Bonchev–Trinajstić information content (AvgIpc) is 3.42. The Hall–Kier alpha value is -3.56. The molecule has 1 fully saturated rings. The predicted octanol–water partition coefficient (Wildman–Crippen LogP) is 4.00. The molecule has 6 rings (SSSR count). The van der Waals surface area contributed by atoms with Crippen LogP contribution in [0.1, 0.15) is 46.2 Å². The van der Waals surface area contributed by atoms with Crippen molar-refractivity contribution in [1.82, 2.24) is 29.7 Å². The van der Waals surface area contributed by atoms with Crippen molar-refractivity contribution < 1.29 is 9.90 Å². The number of rotatable bonds is 9. The van der Waals surface area contributed by atoms with E-state index in [1.807, 2.05) is 52.2 Å². The molecule has 42 heavy (non-hydrogen) atoms. The van der Waals surface area contributed by atoms with E-state index in [1.54, 1.807) is 6.20 Å². The Morgan fingerprint density at radius 2 is 1.90 bits per heavy atom. The van der Waals surface area contributed by atoms with Gasteiger partial charge in [0.1, 0.15) is 12.4 Å². The molecule has 2 N–H and O–H groups in total. The van der Waals surface area contributed by atoms with Crippen LogP contribution in [0.4, 0.5) is 0 Å². The zero-order valence-electron chi connectivity index (χ0n) is 23.7. The Morgan fingerprint density at radius 1 is 1.05 bits per heavy atom. The van der Waals surface area contributed by atoms with E-state index < -0.39 is 0 Å². The number of aliphatic hydroxyl groups is 1. The summed E-state index contributed by atoms with van der Waals surface area (Å²) < 4.78 is 1.95. The van der Waals surface area contributed by atoms with Gasteiger partial charge in [-0.2, -0.15) is 0 Å². The number of piperazine rings is 1. The smallest absolute Gasteiger partial charge is 0.241 e. The van der Waals surface area contributed by atoms with Crippen LogP contribution < -0.4 is 5.32 Å². The van der Waals surface area contributed by atoms with Crippen molar-refractivity contribution in [2.75, 3.05) is 26.2 Å². The van der Waals surface area contributed by atoms with Gasteiger partial charge < -0.3 is 19.9 Å². The molecule has 0 bridgehead atoms. The van der Waals surface area contributed by atoms with Gasteiger partial charge in [-0.1, -0.05) is 54.1 Å². The largest absolute Gasteiger partial charge is 0.388 e. The maximum absolute atomic E-state index is 14.2. The number of carbonyl (C=O) groups excluding carboxylic acids is 1. The van der Waals surface area contributed by atoms with Crippen LogP contribution in [0.3, 0.4) is 0 Å². The molecule has 2 aromatic carbocycles. The first-order valence-corrected chi connectivity index (χ1v) is 15.1. The van der Waals surface area contributed by atoms with E-state index in [1.165, 1.54) is 16.7 Å². The number of aryl methyl sites for hydroxylation is 3. The van der Waals surface area contributed by atoms with E-state index in [4.69, 9.17) is 16.6 Å². The highest BCUT2D eigenvalue weighted by Gasteiger charge is 2.36. The van der Waals surface area contributed by atoms with Crippen molar-refractivity contribution in [3.05, 3.63) is 118 Å². The van der Waals surface area contributed by atoms with Gasteiger partial charge in [0.2, 0.25) is 5.91 Å². The van der Waals surface area contributed by atoms with E-state index in [-0.39, 0.29) is 24.6 Å². The number of nitrogens with zero attached hydrogens (tertiary/aromatic N) is 5. The summed E-state index contributed by atoms with van der Waals surface area (Å²) >= 11 is 6.43. The minimum Gasteiger partial charge on any atom is -0.388 e. The Bertz CT molecular complexity index is 1510. The lowest BCUT2D eigenvalue weighted by Gasteiger charge is -2.40. The normalized spacial score (nSPS) is 18.6. The number of imidazole rings is 1. The Morgan fingerprint density at radius 3 is 2.76 bits per heavy atom. The summed E-state index contributed by atoms with van der Waals surface area (Å²) in [5.74, 6) is 0.738. The Labute approximate surface area is 252 Å². The number of aromatic nitrogens is 3. The summed E-state index contributed by atoms with van der Waals surface area (Å²) in [6.45, 7) is 3.84. The highest BCUT2D eigenvalue weighted by molar-refractivity contribution is 6.30. The highest BCUT2D eigenvalue weighted by Crippen LogP contribution is 2.37. The quantitative estimate of drug-likeness (QED) is 0.309. The second kappa shape index (κ2) is 13.2. The van der Waals surface area contributed by atoms with Gasteiger partial charge in [-0.3, -0.25) is 14.7 Å². The molecule has 2 aromatic heterocycles. The lowest BCUT2D eigenvalue weighted by Crippen LogP contribution is -2.58. The monoisotopic (exact) mass is 584 g/mol. The van der Waals surface area contributed by atoms with E-state index >= 15 is 0 Å². The average molecular weight is 585 g/mol. The first-order valence-electron chi connectivity index (χ1n) is 14.7. The molecule has 0 radical (unpaired) electrons. The minimum atomic E-state index is -0.338. The van der Waals surface area contributed by atoms with Gasteiger partial charge >= 0.3 is 0 Å². The lowest BCUT2D eigenvalue weighted by molar-refractivity contribution is -0.135. The van der Waals surface area contributed by atoms with Gasteiger partial charge in [-0.25, -0.2) is 4.98 Å². The van der Waals surface area contributed by atoms with Gasteiger partial charge in [0.05, 0.1) is 17.8 Å². The molecule has 1 amide bonds. The van der Waals surface area contributed by atoms with E-state index in [2.05, 4.69) is 45.5 Å². The standard InChI is InChI=1S/C33H37ClN6O2/c34-27-11-12-28-26(20-27)10-9-25-8-4-13-37-31(25)32(28)39-19-14-35-29(22-39)33(42)40(21-24-6-2-1-3-7-24)17-5-16-38-18-15-36-30(38)23-41/h1-4,6-8,11-13,15,18,20,29,32,35,41H,5,9-10,14,16-17,19,21-23H2/t29-,32-/m1/s1. The summed E-state index contributed by atoms with van der Waals surface area (Å²) in [6.07, 6.45) is 8.04. The summed E-state index contributed by atoms with van der Waals surface area (Å²) in [6, 6.07) is 20.2. The van der Waals surface area contributed by atoms with E-state index in [0.29, 0.717) is 38.5 Å². The van der Waals surface area contributed by atoms with Crippen LogP contribution in [0, 0.1) is 0 Å². The maximum Gasteiger partial charge on any atom is 0.241 e. The van der Waals surface area contributed by atoms with Crippen LogP contribution in [0.25, 0.3) is 0 Å². The fraction of sp³-hybridized carbons (Fsp3) is 0.364. The molecular formula is C33H37ClN6O2. The molecule has 218 valence electrons. The molecule has 1 saturated heterocycles. The van der Waals surface area contributed by atoms with Crippen molar-refractivity contribution in [3.63, 3.8) is 0 Å². The number of aliphatic hydroxyl groups excluding tert-OH is 1. The van der Waals surface area contributed by atoms with Gasteiger partial charge in [0.15, 0.2) is 0 Å². The minimum absolute atomic E-state index is 0.0333. The number of benzene rings is 2. The van der Waals surface area contributed by atoms with Crippen molar-refractivity contribution in [2.24, 2.45) is 0 Å². The molecule has 2 atom stereocenters. The molecule has 0 spiro atoms. The van der Waals surface area contributed by atoms with Crippen molar-refractivity contribution in [2.45, 2.75) is 51.0 Å². The van der Waals surface area contributed by atoms with Crippen molar-refractivity contribution in [3.8, 4) is 0 Å². The third-order valence-corrected chi connectivity index (χ3v) is 8.65. The first kappa shape index (κ1) is 28.6. The van der Waals surface area contributed by atoms with E-state index in [0.717, 1.165) is 42.1 Å². The molecule has 0 saturated carbocycles. The molecular weight excluding hydrogens is 548 g/mol. The van der Waals surface area contributed by atoms with Gasteiger partial charge in [0, 0.05) is 62.9 Å². The number of nitrogens with one attached hydrogen (secondary N) is 1. The van der Waals surface area contributed by atoms with Crippen LogP contribution in [-0.4, -0.2) is 67.6 Å². The van der Waals surface area contributed by atoms with Gasteiger partial charge in [-0.05, 0) is 59.7 Å². The van der Waals surface area contributed by atoms with Crippen molar-refractivity contribution in [1.29, 1.82) is 0 Å². The molecule has 1 aliphatic carbocycles. The Kier molecular flexibility index (Phi) is 8.95. The van der Waals surface area contributed by atoms with Crippen LogP contribution in [0.5, 0.6) is 0 Å². The van der Waals surface area contributed by atoms with Crippen LogP contribution in [0.2, 0.25) is 5.02 Å². The lowest BCUT2D eigenvalue weighted by atomic mass is 9.95. The first-order chi connectivity index (χ1) is 20.6. The van der Waals surface area contributed by atoms with Crippen molar-refractivity contribution >= 4 is 17.5 Å². The summed E-state index contributed by atoms with van der Waals surface area (Å²) in [4.78, 5) is 27.7. The summed E-state index contributed by atoms with van der Waals surface area (Å²) in [5.41, 5.74) is 5.91. The number of halogens is 1. The number of pyridine rings is 1. The van der Waals surface area contributed by atoms with Crippen LogP contribution >= 0.6 is 11.6 Å². The topological polar surface area (TPSA) is 86.5 Å². The van der Waals surface area contributed by atoms with E-state index in [9.17, 15) is 9.90 Å². The molecule has 3 heterocycles. The van der Waals surface area contributed by atoms with Gasteiger partial charge in [0.25, 0.3) is 0 Å². The molecule has 1 aliphatic heterocycles.